The lowest BCUT2D eigenvalue weighted by Gasteiger charge is -2.30. The molecule has 0 radical (unpaired) electrons. The minimum atomic E-state index is -3.71. The molecule has 1 aliphatic heterocycles. The van der Waals surface area contributed by atoms with Crippen molar-refractivity contribution in [2.75, 3.05) is 25.0 Å². The third-order valence-corrected chi connectivity index (χ3v) is 9.10. The van der Waals surface area contributed by atoms with E-state index in [0.29, 0.717) is 42.4 Å². The van der Waals surface area contributed by atoms with Crippen LogP contribution in [0.4, 0.5) is 5.13 Å². The van der Waals surface area contributed by atoms with Crippen LogP contribution in [0.3, 0.4) is 0 Å². The van der Waals surface area contributed by atoms with Crippen molar-refractivity contribution >= 4 is 38.4 Å². The number of rotatable bonds is 6. The number of amides is 1. The van der Waals surface area contributed by atoms with Crippen LogP contribution < -0.4 is 5.32 Å². The zero-order valence-corrected chi connectivity index (χ0v) is 19.8. The molecule has 0 saturated carbocycles. The summed E-state index contributed by atoms with van der Waals surface area (Å²) in [7, 11) is -3.71. The molecule has 1 amide bonds. The Hall–Kier alpha value is -2.31. The van der Waals surface area contributed by atoms with E-state index in [9.17, 15) is 18.0 Å². The van der Waals surface area contributed by atoms with Crippen molar-refractivity contribution in [1.82, 2.24) is 14.4 Å². The molecule has 1 unspecified atom stereocenters. The number of nitrogens with one attached hydrogen (secondary N) is 1. The van der Waals surface area contributed by atoms with Gasteiger partial charge in [0.15, 0.2) is 10.9 Å². The van der Waals surface area contributed by atoms with E-state index in [1.54, 1.807) is 20.8 Å². The summed E-state index contributed by atoms with van der Waals surface area (Å²) < 4.78 is 37.4. The molecule has 0 aromatic carbocycles. The van der Waals surface area contributed by atoms with Gasteiger partial charge in [0, 0.05) is 23.9 Å². The fourth-order valence-electron chi connectivity index (χ4n) is 4.29. The van der Waals surface area contributed by atoms with Gasteiger partial charge < -0.3 is 14.6 Å². The number of piperidine rings is 1. The molecule has 1 N–H and O–H groups in total. The number of hydrogen-bond acceptors (Lipinski definition) is 9. The lowest BCUT2D eigenvalue weighted by Crippen LogP contribution is -2.41. The van der Waals surface area contributed by atoms with E-state index >= 15 is 0 Å². The molecule has 1 aliphatic carbocycles. The van der Waals surface area contributed by atoms with Gasteiger partial charge in [-0.3, -0.25) is 9.59 Å². The molecular formula is C20H26N4O6S2. The third kappa shape index (κ3) is 4.18. The lowest BCUT2D eigenvalue weighted by atomic mass is 9.97. The molecule has 2 aromatic heterocycles. The zero-order chi connectivity index (χ0) is 23.0. The summed E-state index contributed by atoms with van der Waals surface area (Å²) in [5, 5.41) is 7.06. The van der Waals surface area contributed by atoms with Crippen molar-refractivity contribution in [1.29, 1.82) is 0 Å². The first-order valence-corrected chi connectivity index (χ1v) is 12.9. The van der Waals surface area contributed by atoms with E-state index in [-0.39, 0.29) is 47.5 Å². The van der Waals surface area contributed by atoms with Crippen LogP contribution >= 0.6 is 11.3 Å². The number of fused-ring (bicyclic) bond motifs is 1. The predicted octanol–water partition coefficient (Wildman–Crippen LogP) is 2.38. The molecule has 3 heterocycles. The van der Waals surface area contributed by atoms with E-state index in [1.807, 2.05) is 0 Å². The van der Waals surface area contributed by atoms with Crippen molar-refractivity contribution in [3.8, 4) is 0 Å². The predicted molar refractivity (Wildman–Crippen MR) is 116 cm³/mol. The maximum absolute atomic E-state index is 12.9. The van der Waals surface area contributed by atoms with Crippen molar-refractivity contribution < 1.29 is 27.3 Å². The van der Waals surface area contributed by atoms with E-state index in [2.05, 4.69) is 15.5 Å². The second kappa shape index (κ2) is 8.91. The highest BCUT2D eigenvalue weighted by Gasteiger charge is 2.37. The van der Waals surface area contributed by atoms with Crippen molar-refractivity contribution in [3.63, 3.8) is 0 Å². The van der Waals surface area contributed by atoms with Gasteiger partial charge in [-0.15, -0.1) is 11.3 Å². The highest BCUT2D eigenvalue weighted by Crippen LogP contribution is 2.39. The van der Waals surface area contributed by atoms with Gasteiger partial charge in [-0.2, -0.15) is 4.31 Å². The number of thiazole rings is 1. The molecule has 1 atom stereocenters. The van der Waals surface area contributed by atoms with E-state index in [1.165, 1.54) is 15.6 Å². The average molecular weight is 483 g/mol. The molecule has 12 heteroatoms. The zero-order valence-electron chi connectivity index (χ0n) is 18.2. The van der Waals surface area contributed by atoms with Gasteiger partial charge in [-0.05, 0) is 46.5 Å². The minimum Gasteiger partial charge on any atom is -0.465 e. The fourth-order valence-corrected chi connectivity index (χ4v) is 7.09. The molecule has 1 fully saturated rings. The van der Waals surface area contributed by atoms with Crippen LogP contribution in [-0.2, 0) is 30.8 Å². The van der Waals surface area contributed by atoms with Gasteiger partial charge in [0.05, 0.1) is 12.3 Å². The normalized spacial score (nSPS) is 19.7. The molecule has 0 spiro atoms. The second-order valence-corrected chi connectivity index (χ2v) is 11.0. The maximum atomic E-state index is 12.9. The van der Waals surface area contributed by atoms with Crippen LogP contribution in [0.5, 0.6) is 0 Å². The summed E-state index contributed by atoms with van der Waals surface area (Å²) in [6.45, 7) is 5.74. The van der Waals surface area contributed by atoms with E-state index in [0.717, 1.165) is 11.3 Å². The Morgan fingerprint density at radius 1 is 1.25 bits per heavy atom. The highest BCUT2D eigenvalue weighted by atomic mass is 32.2. The van der Waals surface area contributed by atoms with Crippen LogP contribution in [0, 0.1) is 19.8 Å². The Labute approximate surface area is 190 Å². The number of hydrogen-bond donors (Lipinski definition) is 1. The number of aromatic nitrogens is 2. The van der Waals surface area contributed by atoms with Gasteiger partial charge in [-0.1, -0.05) is 5.16 Å². The number of aryl methyl sites for hydroxylation is 3. The Bertz CT molecular complexity index is 1110. The first-order chi connectivity index (χ1) is 15.2. The van der Waals surface area contributed by atoms with E-state index < -0.39 is 10.0 Å². The van der Waals surface area contributed by atoms with Crippen LogP contribution in [0.2, 0.25) is 0 Å². The molecule has 2 aliphatic rings. The number of ether oxygens (including phenoxy) is 1. The van der Waals surface area contributed by atoms with Crippen LogP contribution in [0.1, 0.15) is 54.1 Å². The summed E-state index contributed by atoms with van der Waals surface area (Å²) in [4.78, 5) is 30.5. The molecule has 4 rings (SSSR count). The van der Waals surface area contributed by atoms with Gasteiger partial charge in [0.1, 0.15) is 16.5 Å². The molecule has 32 heavy (non-hydrogen) atoms. The molecule has 1 saturated heterocycles. The minimum absolute atomic E-state index is 0.105. The average Bonchev–Trinajstić information content (AvgIpc) is 3.42. The molecule has 0 bridgehead atoms. The Balaban J connectivity index is 1.37. The number of anilines is 1. The Kier molecular flexibility index (Phi) is 6.37. The van der Waals surface area contributed by atoms with Gasteiger partial charge in [0.2, 0.25) is 15.9 Å². The molecular weight excluding hydrogens is 456 g/mol. The summed E-state index contributed by atoms with van der Waals surface area (Å²) in [6.07, 6.45) is 2.24. The summed E-state index contributed by atoms with van der Waals surface area (Å²) in [6, 6.07) is 0. The Morgan fingerprint density at radius 3 is 2.59 bits per heavy atom. The van der Waals surface area contributed by atoms with E-state index in [4.69, 9.17) is 9.26 Å². The summed E-state index contributed by atoms with van der Waals surface area (Å²) in [5.41, 5.74) is 1.03. The second-order valence-electron chi connectivity index (χ2n) is 7.99. The lowest BCUT2D eigenvalue weighted by molar-refractivity contribution is -0.145. The van der Waals surface area contributed by atoms with Crippen LogP contribution in [0.15, 0.2) is 9.42 Å². The van der Waals surface area contributed by atoms with Gasteiger partial charge in [0.25, 0.3) is 0 Å². The third-order valence-electron chi connectivity index (χ3n) is 5.91. The van der Waals surface area contributed by atoms with Crippen LogP contribution in [0.25, 0.3) is 0 Å². The molecule has 10 nitrogen and oxygen atoms in total. The van der Waals surface area contributed by atoms with Gasteiger partial charge >= 0.3 is 5.97 Å². The number of carbonyl (C=O) groups excluding carboxylic acids is 2. The van der Waals surface area contributed by atoms with Crippen molar-refractivity contribution in [2.45, 2.75) is 57.3 Å². The molecule has 2 aromatic rings. The number of carbonyl (C=O) groups is 2. The first kappa shape index (κ1) is 22.9. The largest absolute Gasteiger partial charge is 0.465 e. The number of sulfonamides is 1. The van der Waals surface area contributed by atoms with Crippen molar-refractivity contribution in [2.24, 2.45) is 5.92 Å². The first-order valence-electron chi connectivity index (χ1n) is 10.6. The van der Waals surface area contributed by atoms with Crippen molar-refractivity contribution in [3.05, 3.63) is 22.0 Å². The number of esters is 1. The maximum Gasteiger partial charge on any atom is 0.315 e. The van der Waals surface area contributed by atoms with Gasteiger partial charge in [-0.25, -0.2) is 13.4 Å². The monoisotopic (exact) mass is 482 g/mol. The summed E-state index contributed by atoms with van der Waals surface area (Å²) >= 11 is 1.39. The highest BCUT2D eigenvalue weighted by molar-refractivity contribution is 7.89. The standard InChI is InChI=1S/C20H26N4O6S2/c1-4-29-19(26)14-5-6-15-16(14)21-20(31-15)22-18(25)13-7-9-24(10-8-13)32(27,28)17-11(2)23-30-12(17)3/h13-14H,4-10H2,1-3H3,(H,21,22,25). The quantitative estimate of drug-likeness (QED) is 0.621. The molecule has 174 valence electrons. The topological polar surface area (TPSA) is 132 Å². The summed E-state index contributed by atoms with van der Waals surface area (Å²) in [5.74, 6) is -0.878. The van der Waals surface area contributed by atoms with Crippen LogP contribution in [-0.4, -0.2) is 54.4 Å². The fraction of sp³-hybridized carbons (Fsp3) is 0.600. The SMILES string of the molecule is CCOC(=O)C1CCc2sc(NC(=O)C3CCN(S(=O)(=O)c4c(C)noc4C)CC3)nc21. The Morgan fingerprint density at radius 2 is 1.97 bits per heavy atom. The number of nitrogens with zero attached hydrogens (tertiary/aromatic N) is 3. The smallest absolute Gasteiger partial charge is 0.315 e.